The molecule has 0 saturated carbocycles. The Labute approximate surface area is 108 Å². The van der Waals surface area contributed by atoms with E-state index in [-0.39, 0.29) is 11.8 Å². The van der Waals surface area contributed by atoms with Gasteiger partial charge in [-0.15, -0.1) is 0 Å². The molecule has 0 amide bonds. The minimum absolute atomic E-state index is 0.241. The molecule has 4 nitrogen and oxygen atoms in total. The Morgan fingerprint density at radius 3 is 2.94 bits per heavy atom. The average Bonchev–Trinajstić information content (AvgIpc) is 2.33. The van der Waals surface area contributed by atoms with Gasteiger partial charge in [0.15, 0.2) is 0 Å². The van der Waals surface area contributed by atoms with Gasteiger partial charge >= 0.3 is 0 Å². The van der Waals surface area contributed by atoms with Gasteiger partial charge in [-0.25, -0.2) is 8.42 Å². The molecule has 18 heavy (non-hydrogen) atoms. The van der Waals surface area contributed by atoms with E-state index in [0.29, 0.717) is 19.6 Å². The Hall–Kier alpha value is -1.07. The number of rotatable bonds is 5. The van der Waals surface area contributed by atoms with Crippen molar-refractivity contribution in [1.29, 1.82) is 0 Å². The van der Waals surface area contributed by atoms with Crippen molar-refractivity contribution in [3.05, 3.63) is 29.8 Å². The minimum Gasteiger partial charge on any atom is -0.493 e. The number of nitrogens with one attached hydrogen (secondary N) is 1. The predicted octanol–water partition coefficient (Wildman–Crippen LogP) is 1.53. The van der Waals surface area contributed by atoms with E-state index in [1.165, 1.54) is 11.8 Å². The molecule has 1 aliphatic heterocycles. The van der Waals surface area contributed by atoms with Crippen LogP contribution in [0.4, 0.5) is 0 Å². The van der Waals surface area contributed by atoms with Crippen molar-refractivity contribution in [2.75, 3.05) is 25.2 Å². The number of sulfone groups is 1. The van der Waals surface area contributed by atoms with Crippen LogP contribution >= 0.6 is 0 Å². The molecule has 0 aliphatic carbocycles. The number of hydrogen-bond donors (Lipinski definition) is 1. The molecule has 0 aromatic heterocycles. The molecule has 1 aromatic rings. The smallest absolute Gasteiger partial charge is 0.147 e. The first-order valence-corrected chi connectivity index (χ1v) is 8.25. The van der Waals surface area contributed by atoms with E-state index in [0.717, 1.165) is 12.2 Å². The van der Waals surface area contributed by atoms with Gasteiger partial charge in [-0.1, -0.05) is 18.2 Å². The van der Waals surface area contributed by atoms with Crippen molar-refractivity contribution in [1.82, 2.24) is 5.32 Å². The zero-order valence-electron chi connectivity index (χ0n) is 10.6. The Morgan fingerprint density at radius 2 is 2.17 bits per heavy atom. The van der Waals surface area contributed by atoms with E-state index >= 15 is 0 Å². The van der Waals surface area contributed by atoms with E-state index in [1.807, 2.05) is 18.2 Å². The lowest BCUT2D eigenvalue weighted by atomic mass is 10.0. The Balaban J connectivity index is 1.88. The van der Waals surface area contributed by atoms with Gasteiger partial charge in [-0.3, -0.25) is 0 Å². The molecule has 1 unspecified atom stereocenters. The van der Waals surface area contributed by atoms with Gasteiger partial charge in [0.2, 0.25) is 0 Å². The SMILES string of the molecule is CS(=O)(=O)CCCNC1CCOc2ccccc21. The molecule has 1 heterocycles. The molecule has 0 saturated heterocycles. The van der Waals surface area contributed by atoms with E-state index in [4.69, 9.17) is 4.74 Å². The van der Waals surface area contributed by atoms with Gasteiger partial charge in [-0.05, 0) is 19.0 Å². The normalized spacial score (nSPS) is 19.1. The van der Waals surface area contributed by atoms with E-state index in [9.17, 15) is 8.42 Å². The molecule has 1 aromatic carbocycles. The molecule has 1 N–H and O–H groups in total. The van der Waals surface area contributed by atoms with Crippen molar-refractivity contribution in [2.24, 2.45) is 0 Å². The van der Waals surface area contributed by atoms with Crippen LogP contribution in [0.2, 0.25) is 0 Å². The van der Waals surface area contributed by atoms with Crippen LogP contribution in [0.3, 0.4) is 0 Å². The molecule has 0 radical (unpaired) electrons. The molecule has 0 spiro atoms. The molecule has 1 aliphatic rings. The summed E-state index contributed by atoms with van der Waals surface area (Å²) in [5.74, 6) is 1.18. The summed E-state index contributed by atoms with van der Waals surface area (Å²) < 4.78 is 27.6. The van der Waals surface area contributed by atoms with Gasteiger partial charge in [0.05, 0.1) is 12.4 Å². The van der Waals surface area contributed by atoms with Gasteiger partial charge in [0.1, 0.15) is 15.6 Å². The average molecular weight is 269 g/mol. The van der Waals surface area contributed by atoms with Crippen LogP contribution in [-0.4, -0.2) is 33.6 Å². The monoisotopic (exact) mass is 269 g/mol. The quantitative estimate of drug-likeness (QED) is 0.824. The van der Waals surface area contributed by atoms with Crippen LogP contribution in [0.25, 0.3) is 0 Å². The number of fused-ring (bicyclic) bond motifs is 1. The fourth-order valence-electron chi connectivity index (χ4n) is 2.16. The second-order valence-electron chi connectivity index (χ2n) is 4.67. The van der Waals surface area contributed by atoms with Gasteiger partial charge in [0.25, 0.3) is 0 Å². The van der Waals surface area contributed by atoms with Crippen molar-refractivity contribution in [2.45, 2.75) is 18.9 Å². The third kappa shape index (κ3) is 3.71. The summed E-state index contributed by atoms with van der Waals surface area (Å²) in [6.45, 7) is 1.42. The van der Waals surface area contributed by atoms with Crippen LogP contribution < -0.4 is 10.1 Å². The van der Waals surface area contributed by atoms with Crippen LogP contribution in [-0.2, 0) is 9.84 Å². The summed E-state index contributed by atoms with van der Waals surface area (Å²) >= 11 is 0. The lowest BCUT2D eigenvalue weighted by Gasteiger charge is -2.26. The molecule has 1 atom stereocenters. The van der Waals surface area contributed by atoms with Crippen LogP contribution in [0.15, 0.2) is 24.3 Å². The van der Waals surface area contributed by atoms with E-state index in [2.05, 4.69) is 11.4 Å². The van der Waals surface area contributed by atoms with E-state index in [1.54, 1.807) is 0 Å². The van der Waals surface area contributed by atoms with E-state index < -0.39 is 9.84 Å². The Bertz CT molecular complexity index is 499. The zero-order valence-corrected chi connectivity index (χ0v) is 11.4. The molecular weight excluding hydrogens is 250 g/mol. The molecule has 100 valence electrons. The predicted molar refractivity (Wildman–Crippen MR) is 71.6 cm³/mol. The Morgan fingerprint density at radius 1 is 1.39 bits per heavy atom. The summed E-state index contributed by atoms with van der Waals surface area (Å²) in [5.41, 5.74) is 1.17. The van der Waals surface area contributed by atoms with Crippen molar-refractivity contribution in [3.8, 4) is 5.75 Å². The van der Waals surface area contributed by atoms with Crippen LogP contribution in [0, 0.1) is 0 Å². The number of para-hydroxylation sites is 1. The second-order valence-corrected chi connectivity index (χ2v) is 6.92. The van der Waals surface area contributed by atoms with Crippen LogP contribution in [0.1, 0.15) is 24.4 Å². The highest BCUT2D eigenvalue weighted by atomic mass is 32.2. The molecular formula is C13H19NO3S. The first kappa shape index (κ1) is 13.4. The van der Waals surface area contributed by atoms with Gasteiger partial charge in [-0.2, -0.15) is 0 Å². The summed E-state index contributed by atoms with van der Waals surface area (Å²) in [5, 5.41) is 3.41. The first-order chi connectivity index (χ1) is 8.56. The Kier molecular flexibility index (Phi) is 4.24. The van der Waals surface area contributed by atoms with Crippen molar-refractivity contribution in [3.63, 3.8) is 0 Å². The third-order valence-corrected chi connectivity index (χ3v) is 4.07. The maximum Gasteiger partial charge on any atom is 0.147 e. The zero-order chi connectivity index (χ0) is 13.0. The summed E-state index contributed by atoms with van der Waals surface area (Å²) in [4.78, 5) is 0. The fourth-order valence-corrected chi connectivity index (χ4v) is 2.83. The summed E-state index contributed by atoms with van der Waals surface area (Å²) in [7, 11) is -2.85. The topological polar surface area (TPSA) is 55.4 Å². The molecule has 0 bridgehead atoms. The third-order valence-electron chi connectivity index (χ3n) is 3.04. The number of ether oxygens (including phenoxy) is 1. The second kappa shape index (κ2) is 5.71. The summed E-state index contributed by atoms with van der Waals surface area (Å²) in [6.07, 6.45) is 2.85. The molecule has 5 heteroatoms. The van der Waals surface area contributed by atoms with Crippen molar-refractivity contribution < 1.29 is 13.2 Å². The highest BCUT2D eigenvalue weighted by Gasteiger charge is 2.20. The lowest BCUT2D eigenvalue weighted by Crippen LogP contribution is -2.28. The number of hydrogen-bond acceptors (Lipinski definition) is 4. The fraction of sp³-hybridized carbons (Fsp3) is 0.538. The van der Waals surface area contributed by atoms with Crippen LogP contribution in [0.5, 0.6) is 5.75 Å². The largest absolute Gasteiger partial charge is 0.493 e. The first-order valence-electron chi connectivity index (χ1n) is 6.19. The molecule has 0 fully saturated rings. The minimum atomic E-state index is -2.85. The highest BCUT2D eigenvalue weighted by molar-refractivity contribution is 7.90. The number of benzene rings is 1. The lowest BCUT2D eigenvalue weighted by molar-refractivity contribution is 0.253. The molecule has 2 rings (SSSR count). The maximum absolute atomic E-state index is 11.0. The highest BCUT2D eigenvalue weighted by Crippen LogP contribution is 2.31. The summed E-state index contributed by atoms with van der Waals surface area (Å²) in [6, 6.07) is 8.26. The standard InChI is InChI=1S/C13H19NO3S/c1-18(15,16)10-4-8-14-12-7-9-17-13-6-3-2-5-11(12)13/h2-3,5-6,12,14H,4,7-10H2,1H3. The van der Waals surface area contributed by atoms with Crippen molar-refractivity contribution >= 4 is 9.84 Å². The van der Waals surface area contributed by atoms with Gasteiger partial charge < -0.3 is 10.1 Å². The maximum atomic E-state index is 11.0. The van der Waals surface area contributed by atoms with Gasteiger partial charge in [0, 0.05) is 24.3 Å².